The van der Waals surface area contributed by atoms with Crippen LogP contribution in [-0.4, -0.2) is 43.2 Å². The van der Waals surface area contributed by atoms with Crippen molar-refractivity contribution in [1.82, 2.24) is 15.5 Å². The van der Waals surface area contributed by atoms with Gasteiger partial charge in [0.05, 0.1) is 0 Å². The van der Waals surface area contributed by atoms with Crippen molar-refractivity contribution in [2.45, 2.75) is 38.8 Å². The predicted octanol–water partition coefficient (Wildman–Crippen LogP) is 1.28. The number of nitrogens with zero attached hydrogens (tertiary/aromatic N) is 1. The van der Waals surface area contributed by atoms with Crippen LogP contribution in [0.2, 0.25) is 0 Å². The third kappa shape index (κ3) is 3.96. The van der Waals surface area contributed by atoms with Gasteiger partial charge < -0.3 is 15.5 Å². The summed E-state index contributed by atoms with van der Waals surface area (Å²) < 4.78 is 0. The van der Waals surface area contributed by atoms with Crippen molar-refractivity contribution in [3.8, 4) is 0 Å². The summed E-state index contributed by atoms with van der Waals surface area (Å²) in [6.07, 6.45) is 2.12. The number of carbonyl (C=O) groups is 1. The first-order chi connectivity index (χ1) is 6.58. The summed E-state index contributed by atoms with van der Waals surface area (Å²) in [7, 11) is 2.12. The van der Waals surface area contributed by atoms with Crippen LogP contribution in [0.3, 0.4) is 0 Å². The summed E-state index contributed by atoms with van der Waals surface area (Å²) in [4.78, 5) is 13.7. The molecule has 14 heavy (non-hydrogen) atoms. The van der Waals surface area contributed by atoms with Gasteiger partial charge in [-0.1, -0.05) is 0 Å². The molecule has 0 radical (unpaired) electrons. The second-order valence-corrected chi connectivity index (χ2v) is 4.35. The quantitative estimate of drug-likeness (QED) is 0.710. The lowest BCUT2D eigenvalue weighted by Crippen LogP contribution is -2.48. The van der Waals surface area contributed by atoms with Crippen LogP contribution in [0.4, 0.5) is 4.79 Å². The Labute approximate surface area is 89.0 Å². The topological polar surface area (TPSA) is 44.4 Å². The zero-order chi connectivity index (χ0) is 10.6. The summed E-state index contributed by atoms with van der Waals surface area (Å²) in [5, 5.41) is 5.83. The molecule has 4 nitrogen and oxygen atoms in total. The Kier molecular flexibility index (Phi) is 4.20. The summed E-state index contributed by atoms with van der Waals surface area (Å²) in [6.45, 7) is 6.09. The summed E-state index contributed by atoms with van der Waals surface area (Å²) in [6, 6.07) is 0.528. The maximum Gasteiger partial charge on any atom is 0.315 e. The molecule has 0 bridgehead atoms. The van der Waals surface area contributed by atoms with Crippen molar-refractivity contribution in [2.75, 3.05) is 20.1 Å². The molecule has 1 aliphatic heterocycles. The number of amides is 2. The normalized spacial score (nSPS) is 19.7. The molecule has 0 aliphatic carbocycles. The van der Waals surface area contributed by atoms with Crippen LogP contribution >= 0.6 is 0 Å². The van der Waals surface area contributed by atoms with Gasteiger partial charge in [0, 0.05) is 14.9 Å². The minimum Gasteiger partial charge on any atom is -0.336 e. The minimum absolute atomic E-state index is 0. The van der Waals surface area contributed by atoms with Crippen molar-refractivity contribution in [3.63, 3.8) is 0 Å². The van der Waals surface area contributed by atoms with Crippen LogP contribution in [-0.2, 0) is 0 Å². The fourth-order valence-electron chi connectivity index (χ4n) is 1.64. The lowest BCUT2D eigenvalue weighted by molar-refractivity contribution is 0.212. The minimum atomic E-state index is -0.0328. The molecule has 0 spiro atoms. The van der Waals surface area contributed by atoms with E-state index in [4.69, 9.17) is 0 Å². The fourth-order valence-corrected chi connectivity index (χ4v) is 1.64. The third-order valence-electron chi connectivity index (χ3n) is 2.47. The van der Waals surface area contributed by atoms with Gasteiger partial charge in [-0.15, -0.1) is 0 Å². The van der Waals surface area contributed by atoms with E-state index in [2.05, 4.69) is 22.6 Å². The number of piperidine rings is 1. The third-order valence-corrected chi connectivity index (χ3v) is 2.47. The van der Waals surface area contributed by atoms with Gasteiger partial charge in [0.15, 0.2) is 0 Å². The molecule has 0 aromatic carbocycles. The molecule has 0 aromatic rings. The Bertz CT molecular complexity index is 195. The molecule has 0 saturated carbocycles. The van der Waals surface area contributed by atoms with E-state index in [1.54, 1.807) is 0 Å². The highest BCUT2D eigenvalue weighted by atomic mass is 16.2. The molecule has 2 amide bonds. The van der Waals surface area contributed by atoms with Crippen molar-refractivity contribution < 1.29 is 7.65 Å². The molecular formula is C10H25N3O. The number of carbonyl (C=O) groups excluding carboxylic acids is 1. The van der Waals surface area contributed by atoms with E-state index in [-0.39, 0.29) is 14.9 Å². The smallest absolute Gasteiger partial charge is 0.315 e. The summed E-state index contributed by atoms with van der Waals surface area (Å²) in [5.74, 6) is 0. The van der Waals surface area contributed by atoms with Gasteiger partial charge in [-0.05, 0) is 46.8 Å². The molecule has 4 heteroatoms. The van der Waals surface area contributed by atoms with Crippen molar-refractivity contribution in [3.05, 3.63) is 0 Å². The van der Waals surface area contributed by atoms with Gasteiger partial charge in [-0.3, -0.25) is 0 Å². The lowest BCUT2D eigenvalue weighted by Gasteiger charge is -2.29. The van der Waals surface area contributed by atoms with Crippen LogP contribution < -0.4 is 10.6 Å². The first kappa shape index (κ1) is 11.3. The first-order valence-electron chi connectivity index (χ1n) is 5.33. The van der Waals surface area contributed by atoms with Crippen LogP contribution in [0.15, 0.2) is 0 Å². The van der Waals surface area contributed by atoms with E-state index in [0.29, 0.717) is 6.04 Å². The van der Waals surface area contributed by atoms with Gasteiger partial charge in [-0.2, -0.15) is 0 Å². The molecule has 1 aliphatic rings. The first-order valence-corrected chi connectivity index (χ1v) is 5.33. The number of nitrogens with one attached hydrogen (secondary N) is 2. The average Bonchev–Trinajstić information content (AvgIpc) is 2.07. The lowest BCUT2D eigenvalue weighted by atomic mass is 10.1. The average molecular weight is 203 g/mol. The van der Waals surface area contributed by atoms with Crippen LogP contribution in [0.1, 0.15) is 29.5 Å². The van der Waals surface area contributed by atoms with Crippen LogP contribution in [0.5, 0.6) is 0 Å². The van der Waals surface area contributed by atoms with E-state index >= 15 is 0 Å². The summed E-state index contributed by atoms with van der Waals surface area (Å²) >= 11 is 0. The second-order valence-electron chi connectivity index (χ2n) is 4.35. The standard InChI is InChI=1S/C10H21N3O.2H2/c1-8(2)11-10(14)12-9-4-6-13(3)7-5-9;;/h8-9H,4-7H2,1-3H3,(H2,11,12,14);2*1H. The number of rotatable bonds is 2. The van der Waals surface area contributed by atoms with Gasteiger partial charge in [0.25, 0.3) is 0 Å². The largest absolute Gasteiger partial charge is 0.336 e. The van der Waals surface area contributed by atoms with Crippen molar-refractivity contribution in [1.29, 1.82) is 0 Å². The fraction of sp³-hybridized carbons (Fsp3) is 0.900. The predicted molar refractivity (Wildman–Crippen MR) is 61.6 cm³/mol. The monoisotopic (exact) mass is 203 g/mol. The number of likely N-dealkylation sites (tertiary alicyclic amines) is 1. The Hall–Kier alpha value is -0.770. The molecule has 1 rings (SSSR count). The van der Waals surface area contributed by atoms with Crippen LogP contribution in [0.25, 0.3) is 0 Å². The number of urea groups is 1. The van der Waals surface area contributed by atoms with Crippen LogP contribution in [0, 0.1) is 0 Å². The van der Waals surface area contributed by atoms with E-state index in [1.807, 2.05) is 13.8 Å². The Morgan fingerprint density at radius 2 is 2.00 bits per heavy atom. The van der Waals surface area contributed by atoms with Gasteiger partial charge in [0.1, 0.15) is 0 Å². The number of hydrogen-bond acceptors (Lipinski definition) is 2. The van der Waals surface area contributed by atoms with Gasteiger partial charge in [-0.25, -0.2) is 4.79 Å². The summed E-state index contributed by atoms with van der Waals surface area (Å²) in [5.41, 5.74) is 0. The van der Waals surface area contributed by atoms with E-state index in [1.165, 1.54) is 0 Å². The highest BCUT2D eigenvalue weighted by Crippen LogP contribution is 2.07. The van der Waals surface area contributed by atoms with E-state index in [0.717, 1.165) is 25.9 Å². The molecule has 1 fully saturated rings. The van der Waals surface area contributed by atoms with Crippen molar-refractivity contribution >= 4 is 6.03 Å². The highest BCUT2D eigenvalue weighted by Gasteiger charge is 2.18. The molecule has 0 unspecified atom stereocenters. The number of hydrogen-bond donors (Lipinski definition) is 2. The molecule has 0 atom stereocenters. The maximum atomic E-state index is 11.4. The molecule has 86 valence electrons. The van der Waals surface area contributed by atoms with Crippen molar-refractivity contribution in [2.24, 2.45) is 0 Å². The second kappa shape index (κ2) is 5.20. The molecule has 1 saturated heterocycles. The molecule has 0 aromatic heterocycles. The molecular weight excluding hydrogens is 178 g/mol. The van der Waals surface area contributed by atoms with E-state index < -0.39 is 0 Å². The highest BCUT2D eigenvalue weighted by molar-refractivity contribution is 5.74. The van der Waals surface area contributed by atoms with Gasteiger partial charge >= 0.3 is 6.03 Å². The Balaban J connectivity index is 0. The zero-order valence-corrected chi connectivity index (χ0v) is 9.34. The van der Waals surface area contributed by atoms with Gasteiger partial charge in [0.2, 0.25) is 0 Å². The zero-order valence-electron chi connectivity index (χ0n) is 9.34. The Morgan fingerprint density at radius 1 is 1.43 bits per heavy atom. The van der Waals surface area contributed by atoms with E-state index in [9.17, 15) is 4.79 Å². The Morgan fingerprint density at radius 3 is 2.50 bits per heavy atom. The SMILES string of the molecule is CC(C)NC(=O)NC1CCN(C)CC1.[HH].[HH]. The molecule has 2 N–H and O–H groups in total. The molecule has 1 heterocycles. The maximum absolute atomic E-state index is 11.4.